The van der Waals surface area contributed by atoms with Gasteiger partial charge in [0.05, 0.1) is 26.2 Å². The molecule has 0 saturated heterocycles. The highest BCUT2D eigenvalue weighted by Crippen LogP contribution is 2.22. The Labute approximate surface area is 251 Å². The number of hydrogen-bond acceptors (Lipinski definition) is 4. The maximum atomic E-state index is 11.6. The fourth-order valence-corrected chi connectivity index (χ4v) is 5.87. The average Bonchev–Trinajstić information content (AvgIpc) is 2.91. The van der Waals surface area contributed by atoms with Gasteiger partial charge in [-0.25, -0.2) is 0 Å². The van der Waals surface area contributed by atoms with Crippen molar-refractivity contribution in [3.05, 3.63) is 12.2 Å². The third kappa shape index (κ3) is 21.5. The number of rotatable bonds is 29. The molecule has 0 saturated carbocycles. The molecule has 0 aliphatic carbocycles. The van der Waals surface area contributed by atoms with Crippen molar-refractivity contribution in [3.63, 3.8) is 0 Å². The van der Waals surface area contributed by atoms with E-state index < -0.39 is 35.7 Å². The highest BCUT2D eigenvalue weighted by Gasteiger charge is 2.36. The van der Waals surface area contributed by atoms with Crippen LogP contribution in [-0.4, -0.2) is 58.8 Å². The first kappa shape index (κ1) is 39.1. The van der Waals surface area contributed by atoms with E-state index in [1.807, 2.05) is 0 Å². The number of aliphatic carboxylic acids is 3. The van der Waals surface area contributed by atoms with Gasteiger partial charge in [-0.3, -0.25) is 9.59 Å². The summed E-state index contributed by atoms with van der Waals surface area (Å²) in [6.45, 7) is 8.26. The Hall–Kier alpha value is -1.89. The number of carbonyl (C=O) groups excluding carboxylic acids is 1. The lowest BCUT2D eigenvalue weighted by Gasteiger charge is -2.43. The Morgan fingerprint density at radius 1 is 0.585 bits per heavy atom. The van der Waals surface area contributed by atoms with Gasteiger partial charge in [-0.2, -0.15) is 0 Å². The molecule has 0 fully saturated rings. The quantitative estimate of drug-likeness (QED) is 0.0547. The van der Waals surface area contributed by atoms with E-state index in [1.54, 1.807) is 20.8 Å². The summed E-state index contributed by atoms with van der Waals surface area (Å²) in [5, 5.41) is 30.5. The van der Waals surface area contributed by atoms with Crippen molar-refractivity contribution in [1.29, 1.82) is 0 Å². The molecule has 0 spiro atoms. The minimum absolute atomic E-state index is 0.185. The largest absolute Gasteiger partial charge is 0.550 e. The van der Waals surface area contributed by atoms with Gasteiger partial charge in [0.15, 0.2) is 0 Å². The average molecular weight is 582 g/mol. The molecule has 0 aliphatic heterocycles. The van der Waals surface area contributed by atoms with Crippen LogP contribution < -0.4 is 5.11 Å². The second-order valence-electron chi connectivity index (χ2n) is 12.7. The molecule has 3 atom stereocenters. The van der Waals surface area contributed by atoms with Crippen molar-refractivity contribution in [2.24, 2.45) is 17.8 Å². The van der Waals surface area contributed by atoms with Crippen molar-refractivity contribution in [1.82, 2.24) is 0 Å². The number of quaternary nitrogens is 1. The molecule has 0 aliphatic rings. The molecule has 7 nitrogen and oxygen atoms in total. The molecule has 0 aromatic carbocycles. The smallest absolute Gasteiger partial charge is 0.311 e. The third-order valence-corrected chi connectivity index (χ3v) is 8.37. The Kier molecular flexibility index (Phi) is 23.5. The van der Waals surface area contributed by atoms with Crippen molar-refractivity contribution >= 4 is 17.9 Å². The lowest BCUT2D eigenvalue weighted by molar-refractivity contribution is -0.934. The lowest BCUT2D eigenvalue weighted by atomic mass is 10.00. The first-order chi connectivity index (χ1) is 19.5. The molecule has 0 bridgehead atoms. The highest BCUT2D eigenvalue weighted by atomic mass is 16.4. The van der Waals surface area contributed by atoms with Crippen LogP contribution in [0.4, 0.5) is 0 Å². The predicted molar refractivity (Wildman–Crippen MR) is 165 cm³/mol. The minimum Gasteiger partial charge on any atom is -0.550 e. The van der Waals surface area contributed by atoms with Crippen molar-refractivity contribution in [3.8, 4) is 0 Å². The molecule has 0 rings (SSSR count). The molecule has 41 heavy (non-hydrogen) atoms. The van der Waals surface area contributed by atoms with Crippen LogP contribution in [0, 0.1) is 17.8 Å². The van der Waals surface area contributed by atoms with E-state index in [0.29, 0.717) is 6.54 Å². The molecule has 0 aromatic rings. The molecule has 0 heterocycles. The van der Waals surface area contributed by atoms with Gasteiger partial charge in [0.25, 0.3) is 0 Å². The Morgan fingerprint density at radius 2 is 0.927 bits per heavy atom. The summed E-state index contributed by atoms with van der Waals surface area (Å²) in [5.41, 5.74) is 0. The molecule has 3 unspecified atom stereocenters. The number of carboxylic acids is 3. The SMILES string of the molecule is CCCCCCC/C=C/CCCCCCCCCCCCC[N+](CC(C)C(=O)[O-])(CC(C)C(=O)O)CC(C)C(=O)O. The van der Waals surface area contributed by atoms with Gasteiger partial charge < -0.3 is 24.6 Å². The Morgan fingerprint density at radius 3 is 1.29 bits per heavy atom. The zero-order valence-electron chi connectivity index (χ0n) is 26.9. The molecular formula is C34H63NO6. The van der Waals surface area contributed by atoms with Gasteiger partial charge in [-0.15, -0.1) is 0 Å². The van der Waals surface area contributed by atoms with Crippen LogP contribution in [0.15, 0.2) is 12.2 Å². The molecule has 0 radical (unpaired) electrons. The number of unbranched alkanes of at least 4 members (excludes halogenated alkanes) is 16. The third-order valence-electron chi connectivity index (χ3n) is 8.37. The van der Waals surface area contributed by atoms with Crippen LogP contribution in [0.2, 0.25) is 0 Å². The van der Waals surface area contributed by atoms with Crippen LogP contribution in [0.3, 0.4) is 0 Å². The topological polar surface area (TPSA) is 115 Å². The molecule has 7 heteroatoms. The van der Waals surface area contributed by atoms with E-state index in [1.165, 1.54) is 89.9 Å². The summed E-state index contributed by atoms with van der Waals surface area (Å²) >= 11 is 0. The second kappa shape index (κ2) is 24.7. The van der Waals surface area contributed by atoms with E-state index in [-0.39, 0.29) is 24.1 Å². The second-order valence-corrected chi connectivity index (χ2v) is 12.7. The molecule has 0 aromatic heterocycles. The van der Waals surface area contributed by atoms with E-state index >= 15 is 0 Å². The van der Waals surface area contributed by atoms with E-state index in [2.05, 4.69) is 19.1 Å². The zero-order chi connectivity index (χ0) is 30.9. The standard InChI is InChI=1S/C34H63NO6/c1-5-6-7-8-9-10-11-12-13-14-15-16-17-18-19-20-21-22-23-24-25-35(26-29(2)32(36)37,27-30(3)33(38)39)28-31(4)34(40)41/h11-12,29-31H,5-10,13-28H2,1-4H3,(H2-,36,37,38,39,40,41)/b12-11+. The normalized spacial score (nSPS) is 15.4. The molecule has 240 valence electrons. The fourth-order valence-electron chi connectivity index (χ4n) is 5.87. The zero-order valence-corrected chi connectivity index (χ0v) is 26.9. The maximum Gasteiger partial charge on any atom is 0.311 e. The first-order valence-corrected chi connectivity index (χ1v) is 16.7. The minimum atomic E-state index is -1.18. The van der Waals surface area contributed by atoms with Crippen LogP contribution in [0.5, 0.6) is 0 Å². The summed E-state index contributed by atoms with van der Waals surface area (Å²) in [6, 6.07) is 0. The summed E-state index contributed by atoms with van der Waals surface area (Å²) < 4.78 is 0.185. The summed E-state index contributed by atoms with van der Waals surface area (Å²) in [4.78, 5) is 34.8. The first-order valence-electron chi connectivity index (χ1n) is 16.7. The number of nitrogens with zero attached hydrogens (tertiary/aromatic N) is 1. The summed E-state index contributed by atoms with van der Waals surface area (Å²) in [5.74, 6) is -5.23. The highest BCUT2D eigenvalue weighted by molar-refractivity contribution is 5.70. The maximum absolute atomic E-state index is 11.6. The van der Waals surface area contributed by atoms with Gasteiger partial charge in [0.2, 0.25) is 0 Å². The molecular weight excluding hydrogens is 518 g/mol. The fraction of sp³-hybridized carbons (Fsp3) is 0.853. The summed E-state index contributed by atoms with van der Waals surface area (Å²) in [7, 11) is 0. The van der Waals surface area contributed by atoms with Crippen LogP contribution in [0.25, 0.3) is 0 Å². The molecule has 0 amide bonds. The van der Waals surface area contributed by atoms with Gasteiger partial charge >= 0.3 is 11.9 Å². The van der Waals surface area contributed by atoms with E-state index in [9.17, 15) is 29.7 Å². The van der Waals surface area contributed by atoms with Gasteiger partial charge in [-0.1, -0.05) is 103 Å². The van der Waals surface area contributed by atoms with Gasteiger partial charge in [0.1, 0.15) is 11.8 Å². The van der Waals surface area contributed by atoms with Crippen molar-refractivity contribution in [2.75, 3.05) is 26.2 Å². The number of hydrogen-bond donors (Lipinski definition) is 2. The Balaban J connectivity index is 4.25. The monoisotopic (exact) mass is 581 g/mol. The summed E-state index contributed by atoms with van der Waals surface area (Å²) in [6.07, 6.45) is 27.0. The van der Waals surface area contributed by atoms with Crippen molar-refractivity contribution < 1.29 is 34.2 Å². The van der Waals surface area contributed by atoms with E-state index in [4.69, 9.17) is 0 Å². The van der Waals surface area contributed by atoms with Crippen LogP contribution in [-0.2, 0) is 14.4 Å². The predicted octanol–water partition coefficient (Wildman–Crippen LogP) is 7.23. The van der Waals surface area contributed by atoms with Crippen LogP contribution >= 0.6 is 0 Å². The van der Waals surface area contributed by atoms with E-state index in [0.717, 1.165) is 25.7 Å². The Bertz CT molecular complexity index is 667. The van der Waals surface area contributed by atoms with Crippen LogP contribution in [0.1, 0.15) is 143 Å². The number of carboxylic acid groups (broad SMARTS) is 3. The molecule has 2 N–H and O–H groups in total. The van der Waals surface area contributed by atoms with Crippen molar-refractivity contribution in [2.45, 2.75) is 143 Å². The van der Waals surface area contributed by atoms with Gasteiger partial charge in [-0.05, 0) is 52.4 Å². The van der Waals surface area contributed by atoms with Gasteiger partial charge in [0, 0.05) is 11.9 Å². The lowest BCUT2D eigenvalue weighted by Crippen LogP contribution is -2.58. The number of carbonyl (C=O) groups is 3. The number of allylic oxidation sites excluding steroid dienone is 2.